The molecule has 0 amide bonds. The molecule has 1 aliphatic carbocycles. The van der Waals surface area contributed by atoms with E-state index in [0.29, 0.717) is 5.78 Å². The highest BCUT2D eigenvalue weighted by atomic mass is 16.1. The van der Waals surface area contributed by atoms with E-state index in [4.69, 9.17) is 0 Å². The van der Waals surface area contributed by atoms with E-state index >= 15 is 0 Å². The molecule has 1 aliphatic rings. The summed E-state index contributed by atoms with van der Waals surface area (Å²) in [6, 6.07) is 0. The molecule has 0 unspecified atom stereocenters. The van der Waals surface area contributed by atoms with Crippen LogP contribution in [0.25, 0.3) is 0 Å². The molecule has 11 heavy (non-hydrogen) atoms. The predicted octanol–water partition coefficient (Wildman–Crippen LogP) is 2.71. The maximum Gasteiger partial charge on any atom is 0.139 e. The Morgan fingerprint density at radius 3 is 2.64 bits per heavy atom. The third-order valence-corrected chi connectivity index (χ3v) is 2.46. The zero-order chi connectivity index (χ0) is 8.48. The second-order valence-electron chi connectivity index (χ2n) is 4.06. The summed E-state index contributed by atoms with van der Waals surface area (Å²) in [4.78, 5) is 11.4. The molecule has 62 valence electrons. The first kappa shape index (κ1) is 8.51. The fourth-order valence-electron chi connectivity index (χ4n) is 1.29. The zero-order valence-corrected chi connectivity index (χ0v) is 7.61. The molecule has 0 fully saturated rings. The summed E-state index contributed by atoms with van der Waals surface area (Å²) in [5.74, 6) is 0.408. The summed E-state index contributed by atoms with van der Waals surface area (Å²) in [5, 5.41) is 0. The molecule has 1 rings (SSSR count). The van der Waals surface area contributed by atoms with E-state index in [9.17, 15) is 4.79 Å². The highest BCUT2D eigenvalue weighted by Gasteiger charge is 2.27. The van der Waals surface area contributed by atoms with Crippen LogP contribution in [0.2, 0.25) is 0 Å². The Morgan fingerprint density at radius 1 is 1.36 bits per heavy atom. The smallest absolute Gasteiger partial charge is 0.139 e. The van der Waals surface area contributed by atoms with Crippen LogP contribution in [0, 0.1) is 5.41 Å². The second-order valence-corrected chi connectivity index (χ2v) is 4.06. The zero-order valence-electron chi connectivity index (χ0n) is 7.61. The minimum Gasteiger partial charge on any atom is -0.299 e. The van der Waals surface area contributed by atoms with Crippen molar-refractivity contribution >= 4 is 5.78 Å². The molecule has 0 aromatic heterocycles. The van der Waals surface area contributed by atoms with Crippen molar-refractivity contribution in [3.8, 4) is 0 Å². The second kappa shape index (κ2) is 2.80. The molecule has 1 heteroatoms. The average Bonchev–Trinajstić information content (AvgIpc) is 2.03. The molecule has 0 aromatic rings. The van der Waals surface area contributed by atoms with Gasteiger partial charge in [0.2, 0.25) is 0 Å². The molecule has 0 aromatic carbocycles. The summed E-state index contributed by atoms with van der Waals surface area (Å²) in [6.45, 7) is 6.17. The van der Waals surface area contributed by atoms with E-state index in [1.165, 1.54) is 5.57 Å². The van der Waals surface area contributed by atoms with Crippen LogP contribution in [-0.2, 0) is 4.79 Å². The summed E-state index contributed by atoms with van der Waals surface area (Å²) in [6.07, 6.45) is 4.81. The van der Waals surface area contributed by atoms with Crippen LogP contribution in [0.3, 0.4) is 0 Å². The molecule has 0 bridgehead atoms. The van der Waals surface area contributed by atoms with Gasteiger partial charge in [-0.25, -0.2) is 0 Å². The largest absolute Gasteiger partial charge is 0.299 e. The van der Waals surface area contributed by atoms with E-state index in [1.807, 2.05) is 13.8 Å². The van der Waals surface area contributed by atoms with E-state index in [0.717, 1.165) is 19.3 Å². The van der Waals surface area contributed by atoms with Gasteiger partial charge < -0.3 is 0 Å². The van der Waals surface area contributed by atoms with Gasteiger partial charge in [0.05, 0.1) is 0 Å². The third-order valence-electron chi connectivity index (χ3n) is 2.46. The third kappa shape index (κ3) is 1.92. The van der Waals surface area contributed by atoms with E-state index in [1.54, 1.807) is 0 Å². The number of Topliss-reactive ketones (excluding diaryl/α,β-unsaturated/α-hetero) is 1. The molecule has 0 atom stereocenters. The minimum absolute atomic E-state index is 0.113. The Morgan fingerprint density at radius 2 is 2.00 bits per heavy atom. The Bertz CT molecular complexity index is 199. The molecule has 0 radical (unpaired) electrons. The van der Waals surface area contributed by atoms with Gasteiger partial charge in [-0.15, -0.1) is 0 Å². The predicted molar refractivity (Wildman–Crippen MR) is 46.4 cm³/mol. The highest BCUT2D eigenvalue weighted by molar-refractivity contribution is 5.84. The van der Waals surface area contributed by atoms with Crippen LogP contribution in [0.5, 0.6) is 0 Å². The molecule has 0 N–H and O–H groups in total. The number of carbonyl (C=O) groups excluding carboxylic acids is 1. The van der Waals surface area contributed by atoms with Gasteiger partial charge in [0.25, 0.3) is 0 Å². The SMILES string of the molecule is CC1=CCC(C)(C)C(=O)CC1. The number of hydrogen-bond donors (Lipinski definition) is 0. The van der Waals surface area contributed by atoms with Gasteiger partial charge in [0.15, 0.2) is 0 Å². The van der Waals surface area contributed by atoms with Crippen LogP contribution in [-0.4, -0.2) is 5.78 Å². The van der Waals surface area contributed by atoms with Gasteiger partial charge >= 0.3 is 0 Å². The lowest BCUT2D eigenvalue weighted by Crippen LogP contribution is -2.21. The topological polar surface area (TPSA) is 17.1 Å². The number of hydrogen-bond acceptors (Lipinski definition) is 1. The fraction of sp³-hybridized carbons (Fsp3) is 0.700. The molecular formula is C10H16O. The van der Waals surface area contributed by atoms with Crippen molar-refractivity contribution in [2.75, 3.05) is 0 Å². The van der Waals surface area contributed by atoms with Crippen molar-refractivity contribution in [1.29, 1.82) is 0 Å². The van der Waals surface area contributed by atoms with Gasteiger partial charge in [-0.3, -0.25) is 4.79 Å². The normalized spacial score (nSPS) is 24.3. The van der Waals surface area contributed by atoms with Gasteiger partial charge in [-0.05, 0) is 19.8 Å². The van der Waals surface area contributed by atoms with Gasteiger partial charge in [0, 0.05) is 11.8 Å². The van der Waals surface area contributed by atoms with Crippen LogP contribution in [0.1, 0.15) is 40.0 Å². The van der Waals surface area contributed by atoms with Gasteiger partial charge in [-0.1, -0.05) is 25.5 Å². The van der Waals surface area contributed by atoms with Crippen molar-refractivity contribution < 1.29 is 4.79 Å². The Kier molecular flexibility index (Phi) is 2.17. The Hall–Kier alpha value is -0.590. The number of carbonyl (C=O) groups is 1. The molecular weight excluding hydrogens is 136 g/mol. The first-order valence-corrected chi connectivity index (χ1v) is 4.21. The maximum absolute atomic E-state index is 11.4. The first-order chi connectivity index (χ1) is 5.02. The standard InChI is InChI=1S/C10H16O/c1-8-4-5-9(11)10(2,3)7-6-8/h6H,4-5,7H2,1-3H3. The minimum atomic E-state index is -0.113. The fourth-order valence-corrected chi connectivity index (χ4v) is 1.29. The van der Waals surface area contributed by atoms with Crippen LogP contribution < -0.4 is 0 Å². The van der Waals surface area contributed by atoms with Gasteiger partial charge in [-0.2, -0.15) is 0 Å². The number of allylic oxidation sites excluding steroid dienone is 2. The van der Waals surface area contributed by atoms with Crippen molar-refractivity contribution in [1.82, 2.24) is 0 Å². The first-order valence-electron chi connectivity index (χ1n) is 4.21. The monoisotopic (exact) mass is 152 g/mol. The molecule has 0 spiro atoms. The molecule has 0 aliphatic heterocycles. The summed E-state index contributed by atoms with van der Waals surface area (Å²) in [5.41, 5.74) is 1.25. The van der Waals surface area contributed by atoms with E-state index in [-0.39, 0.29) is 5.41 Å². The number of rotatable bonds is 0. The Labute approximate surface area is 68.5 Å². The molecule has 0 saturated heterocycles. The van der Waals surface area contributed by atoms with Crippen molar-refractivity contribution in [3.05, 3.63) is 11.6 Å². The molecule has 1 nitrogen and oxygen atoms in total. The molecule has 0 saturated carbocycles. The molecule has 0 heterocycles. The summed E-state index contributed by atoms with van der Waals surface area (Å²) in [7, 11) is 0. The maximum atomic E-state index is 11.4. The van der Waals surface area contributed by atoms with Crippen LogP contribution >= 0.6 is 0 Å². The lowest BCUT2D eigenvalue weighted by molar-refractivity contribution is -0.126. The Balaban J connectivity index is 2.77. The lowest BCUT2D eigenvalue weighted by Gasteiger charge is -2.18. The van der Waals surface area contributed by atoms with Crippen molar-refractivity contribution in [2.24, 2.45) is 5.41 Å². The van der Waals surface area contributed by atoms with E-state index in [2.05, 4.69) is 13.0 Å². The summed E-state index contributed by atoms with van der Waals surface area (Å²) < 4.78 is 0. The number of ketones is 1. The van der Waals surface area contributed by atoms with Crippen LogP contribution in [0.4, 0.5) is 0 Å². The van der Waals surface area contributed by atoms with Crippen molar-refractivity contribution in [3.63, 3.8) is 0 Å². The van der Waals surface area contributed by atoms with Gasteiger partial charge in [0.1, 0.15) is 5.78 Å². The summed E-state index contributed by atoms with van der Waals surface area (Å²) >= 11 is 0. The van der Waals surface area contributed by atoms with Crippen molar-refractivity contribution in [2.45, 2.75) is 40.0 Å². The quantitative estimate of drug-likeness (QED) is 0.488. The van der Waals surface area contributed by atoms with E-state index < -0.39 is 0 Å². The average molecular weight is 152 g/mol. The highest BCUT2D eigenvalue weighted by Crippen LogP contribution is 2.29. The lowest BCUT2D eigenvalue weighted by atomic mass is 9.84. The van der Waals surface area contributed by atoms with Crippen LogP contribution in [0.15, 0.2) is 11.6 Å².